The van der Waals surface area contributed by atoms with Crippen LogP contribution in [0.15, 0.2) is 24.3 Å². The van der Waals surface area contributed by atoms with E-state index >= 15 is 0 Å². The van der Waals surface area contributed by atoms with Crippen LogP contribution in [0.25, 0.3) is 10.8 Å². The van der Waals surface area contributed by atoms with E-state index in [9.17, 15) is 35.1 Å². The van der Waals surface area contributed by atoms with E-state index in [4.69, 9.17) is 0 Å². The SMILES string of the molecule is O=Cc1cc2ccc([N+](=O)[O-])cc2c([N+](=O)[O-])c1[N+](=O)[O-]. The zero-order valence-electron chi connectivity index (χ0n) is 10.1. The van der Waals surface area contributed by atoms with E-state index in [1.54, 1.807) is 0 Å². The van der Waals surface area contributed by atoms with Crippen LogP contribution in [0.2, 0.25) is 0 Å². The predicted molar refractivity (Wildman–Crippen MR) is 69.3 cm³/mol. The van der Waals surface area contributed by atoms with Gasteiger partial charge in [0.15, 0.2) is 6.29 Å². The Morgan fingerprint density at radius 3 is 1.95 bits per heavy atom. The number of hydrogen-bond acceptors (Lipinski definition) is 7. The van der Waals surface area contributed by atoms with Gasteiger partial charge in [0.25, 0.3) is 5.69 Å². The van der Waals surface area contributed by atoms with E-state index in [-0.39, 0.29) is 17.1 Å². The van der Waals surface area contributed by atoms with Gasteiger partial charge in [-0.2, -0.15) is 0 Å². The number of nitro benzene ring substituents is 3. The number of hydrogen-bond donors (Lipinski definition) is 0. The molecule has 0 spiro atoms. The number of rotatable bonds is 4. The van der Waals surface area contributed by atoms with Gasteiger partial charge in [0.05, 0.1) is 20.2 Å². The summed E-state index contributed by atoms with van der Waals surface area (Å²) in [6, 6.07) is 4.23. The summed E-state index contributed by atoms with van der Waals surface area (Å²) < 4.78 is 0. The zero-order valence-corrected chi connectivity index (χ0v) is 10.1. The normalized spacial score (nSPS) is 10.3. The summed E-state index contributed by atoms with van der Waals surface area (Å²) >= 11 is 0. The van der Waals surface area contributed by atoms with Gasteiger partial charge in [-0.3, -0.25) is 35.1 Å². The fraction of sp³-hybridized carbons (Fsp3) is 0. The number of non-ortho nitro benzene ring substituents is 1. The summed E-state index contributed by atoms with van der Waals surface area (Å²) in [7, 11) is 0. The minimum absolute atomic E-state index is 0.125. The molecule has 0 atom stereocenters. The van der Waals surface area contributed by atoms with Crippen molar-refractivity contribution < 1.29 is 19.6 Å². The average Bonchev–Trinajstić information content (AvgIpc) is 2.43. The Morgan fingerprint density at radius 1 is 0.857 bits per heavy atom. The Morgan fingerprint density at radius 2 is 1.48 bits per heavy atom. The highest BCUT2D eigenvalue weighted by molar-refractivity contribution is 6.02. The zero-order chi connectivity index (χ0) is 15.7. The lowest BCUT2D eigenvalue weighted by atomic mass is 10.0. The topological polar surface area (TPSA) is 146 Å². The lowest BCUT2D eigenvalue weighted by Crippen LogP contribution is -2.02. The van der Waals surface area contributed by atoms with Gasteiger partial charge in [0.1, 0.15) is 5.56 Å². The maximum Gasteiger partial charge on any atom is 0.357 e. The number of nitro groups is 3. The van der Waals surface area contributed by atoms with Gasteiger partial charge in [-0.25, -0.2) is 0 Å². The molecule has 2 rings (SSSR count). The second-order valence-electron chi connectivity index (χ2n) is 3.96. The molecule has 0 heterocycles. The number of benzene rings is 2. The van der Waals surface area contributed by atoms with Crippen LogP contribution >= 0.6 is 0 Å². The molecular formula is C11H5N3O7. The summed E-state index contributed by atoms with van der Waals surface area (Å²) in [4.78, 5) is 40.8. The molecule has 0 aliphatic heterocycles. The number of carbonyl (C=O) groups is 1. The van der Waals surface area contributed by atoms with Crippen molar-refractivity contribution in [1.29, 1.82) is 0 Å². The lowest BCUT2D eigenvalue weighted by Gasteiger charge is -2.03. The van der Waals surface area contributed by atoms with Crippen LogP contribution in [-0.2, 0) is 0 Å². The monoisotopic (exact) mass is 291 g/mol. The van der Waals surface area contributed by atoms with Crippen molar-refractivity contribution in [2.24, 2.45) is 0 Å². The largest absolute Gasteiger partial charge is 0.357 e. The van der Waals surface area contributed by atoms with Crippen LogP contribution in [0, 0.1) is 30.3 Å². The van der Waals surface area contributed by atoms with Crippen molar-refractivity contribution in [2.75, 3.05) is 0 Å². The van der Waals surface area contributed by atoms with E-state index in [0.29, 0.717) is 0 Å². The van der Waals surface area contributed by atoms with Crippen molar-refractivity contribution >= 4 is 34.1 Å². The van der Waals surface area contributed by atoms with E-state index in [1.165, 1.54) is 6.07 Å². The Hall–Kier alpha value is -3.43. The molecule has 106 valence electrons. The summed E-state index contributed by atoms with van der Waals surface area (Å²) in [5.41, 5.74) is -2.84. The lowest BCUT2D eigenvalue weighted by molar-refractivity contribution is -0.421. The molecule has 0 saturated carbocycles. The highest BCUT2D eigenvalue weighted by Crippen LogP contribution is 2.38. The van der Waals surface area contributed by atoms with Crippen molar-refractivity contribution in [3.63, 3.8) is 0 Å². The third-order valence-electron chi connectivity index (χ3n) is 2.80. The molecule has 10 heteroatoms. The standard InChI is InChI=1S/C11H5N3O7/c15-5-7-3-6-1-2-8(12(16)17)4-9(6)11(14(20)21)10(7)13(18)19/h1-5H. The van der Waals surface area contributed by atoms with Crippen molar-refractivity contribution in [2.45, 2.75) is 0 Å². The Bertz CT molecular complexity index is 815. The minimum Gasteiger partial charge on any atom is -0.298 e. The van der Waals surface area contributed by atoms with Crippen LogP contribution < -0.4 is 0 Å². The molecule has 2 aromatic rings. The Balaban J connectivity index is 3.02. The first-order valence-electron chi connectivity index (χ1n) is 5.36. The summed E-state index contributed by atoms with van der Waals surface area (Å²) in [6.07, 6.45) is 0.131. The summed E-state index contributed by atoms with van der Waals surface area (Å²) in [6.45, 7) is 0. The maximum absolute atomic E-state index is 11.1. The minimum atomic E-state index is -1.06. The van der Waals surface area contributed by atoms with Gasteiger partial charge in [0.2, 0.25) is 0 Å². The molecular weight excluding hydrogens is 286 g/mol. The molecule has 0 aliphatic carbocycles. The fourth-order valence-corrected chi connectivity index (χ4v) is 1.96. The molecule has 0 unspecified atom stereocenters. The smallest absolute Gasteiger partial charge is 0.298 e. The van der Waals surface area contributed by atoms with Crippen LogP contribution in [0.4, 0.5) is 17.1 Å². The summed E-state index contributed by atoms with van der Waals surface area (Å²) in [5.74, 6) is 0. The third kappa shape index (κ3) is 2.25. The van der Waals surface area contributed by atoms with Gasteiger partial charge in [-0.15, -0.1) is 0 Å². The maximum atomic E-state index is 11.1. The predicted octanol–water partition coefficient (Wildman–Crippen LogP) is 2.38. The van der Waals surface area contributed by atoms with E-state index < -0.39 is 37.4 Å². The van der Waals surface area contributed by atoms with Crippen molar-refractivity contribution in [1.82, 2.24) is 0 Å². The molecule has 0 fully saturated rings. The van der Waals surface area contributed by atoms with Crippen LogP contribution in [0.1, 0.15) is 10.4 Å². The molecule has 0 aliphatic rings. The van der Waals surface area contributed by atoms with Crippen LogP contribution in [0.5, 0.6) is 0 Å². The average molecular weight is 291 g/mol. The number of carbonyl (C=O) groups excluding carboxylic acids is 1. The van der Waals surface area contributed by atoms with E-state index in [0.717, 1.165) is 18.2 Å². The summed E-state index contributed by atoms with van der Waals surface area (Å²) in [5, 5.41) is 32.6. The molecule has 0 saturated heterocycles. The van der Waals surface area contributed by atoms with Crippen molar-refractivity contribution in [3.05, 3.63) is 60.2 Å². The van der Waals surface area contributed by atoms with Gasteiger partial charge in [-0.1, -0.05) is 0 Å². The second-order valence-corrected chi connectivity index (χ2v) is 3.96. The van der Waals surface area contributed by atoms with E-state index in [1.807, 2.05) is 0 Å². The Labute approximate surface area is 115 Å². The molecule has 0 bridgehead atoms. The fourth-order valence-electron chi connectivity index (χ4n) is 1.96. The highest BCUT2D eigenvalue weighted by atomic mass is 16.6. The van der Waals surface area contributed by atoms with Gasteiger partial charge >= 0.3 is 11.4 Å². The first-order valence-corrected chi connectivity index (χ1v) is 5.36. The first-order chi connectivity index (χ1) is 9.86. The molecule has 0 radical (unpaired) electrons. The number of aldehydes is 1. The molecule has 2 aromatic carbocycles. The van der Waals surface area contributed by atoms with Gasteiger partial charge in [-0.05, 0) is 17.5 Å². The molecule has 0 aromatic heterocycles. The van der Waals surface area contributed by atoms with Crippen LogP contribution in [0.3, 0.4) is 0 Å². The first kappa shape index (κ1) is 14.0. The molecule has 21 heavy (non-hydrogen) atoms. The van der Waals surface area contributed by atoms with Gasteiger partial charge in [0, 0.05) is 12.1 Å². The highest BCUT2D eigenvalue weighted by Gasteiger charge is 2.32. The number of nitrogens with zero attached hydrogens (tertiary/aromatic N) is 3. The van der Waals surface area contributed by atoms with E-state index in [2.05, 4.69) is 0 Å². The van der Waals surface area contributed by atoms with Gasteiger partial charge < -0.3 is 0 Å². The second kappa shape index (κ2) is 4.92. The molecule has 0 amide bonds. The molecule has 10 nitrogen and oxygen atoms in total. The quantitative estimate of drug-likeness (QED) is 0.477. The van der Waals surface area contributed by atoms with Crippen molar-refractivity contribution in [3.8, 4) is 0 Å². The number of fused-ring (bicyclic) bond motifs is 1. The Kier molecular flexibility index (Phi) is 3.28. The molecule has 0 N–H and O–H groups in total. The third-order valence-corrected chi connectivity index (χ3v) is 2.80. The van der Waals surface area contributed by atoms with Crippen LogP contribution in [-0.4, -0.2) is 21.1 Å².